The number of rotatable bonds is 48. The Morgan fingerprint density at radius 3 is 1.26 bits per heavy atom. The Hall–Kier alpha value is -10.6. The summed E-state index contributed by atoms with van der Waals surface area (Å²) < 4.78 is 5.77. The van der Waals surface area contributed by atoms with Crippen LogP contribution in [-0.2, 0) is 101 Å². The number of carboxylic acids is 1. The van der Waals surface area contributed by atoms with Crippen molar-refractivity contribution < 1.29 is 111 Å². The van der Waals surface area contributed by atoms with E-state index in [1.807, 2.05) is 0 Å². The Labute approximate surface area is 714 Å². The van der Waals surface area contributed by atoms with Gasteiger partial charge in [0.2, 0.25) is 106 Å². The predicted octanol–water partition coefficient (Wildman–Crippen LogP) is -2.07. The summed E-state index contributed by atoms with van der Waals surface area (Å²) in [6.45, 7) is 24.9. The van der Waals surface area contributed by atoms with Crippen LogP contribution in [0, 0.1) is 41.4 Å². The molecule has 0 aromatic heterocycles. The van der Waals surface area contributed by atoms with Crippen LogP contribution in [0.25, 0.3) is 0 Å². The number of aliphatic hydroxyl groups excluding tert-OH is 1. The van der Waals surface area contributed by atoms with Crippen molar-refractivity contribution in [3.63, 3.8) is 0 Å². The maximum atomic E-state index is 15.1. The number of carboxylic acid groups (broad SMARTS) is 1. The average Bonchev–Trinajstić information content (AvgIpc) is 1.08. The standard InChI is InChI=1S/C81H140N18O23/c1-17-19-20-21-22-23-48(100)38-63(105)87-54(34-40(3)4)74(114)92-53(28-33-64(106)107)70(110)88-51(26-31-61(84)103)72(112)97-65(44(11)12)79(119)94-57(37-43(9)10)77(117)90-50(25-30-60(83)102)71(111)96-58-39-122-81(121)67(46(15)18-2)99-73(113)52(27-32-62(85)104)91-75(115)55(35-41(5)6)93-68(108)47(16)86-69(109)49(24-29-59(82)101)89-76(116)56(36-42(7)8)95-80(120)66(45(13)14)98-78(58)118/h40-58,65-67,100H,17-39H2,1-16H3,(H2,82,101)(H2,83,102)(H2,84,103)(H2,85,104)(H,86,109)(H,87,105)(H,88,110)(H,89,116)(H,90,117)(H,91,115)(H,92,114)(H,93,108)(H,94,119)(H,95,120)(H,96,111)(H,97,112)(H,98,118)(H,99,113)(H,106,107)/t46-,47-,48+,49+,50-,51+,52+,53+,54-,55-,56?,57+,58+,65+,66+,67-/m0/s1. The van der Waals surface area contributed by atoms with Crippen LogP contribution in [0.3, 0.4) is 0 Å². The van der Waals surface area contributed by atoms with Gasteiger partial charge in [-0.3, -0.25) is 91.1 Å². The van der Waals surface area contributed by atoms with Crippen molar-refractivity contribution in [1.82, 2.24) is 74.4 Å². The van der Waals surface area contributed by atoms with Crippen LogP contribution in [0.5, 0.6) is 0 Å². The van der Waals surface area contributed by atoms with E-state index >= 15 is 9.59 Å². The second kappa shape index (κ2) is 56.1. The van der Waals surface area contributed by atoms with Crippen molar-refractivity contribution in [2.45, 2.75) is 343 Å². The van der Waals surface area contributed by atoms with E-state index in [4.69, 9.17) is 27.7 Å². The lowest BCUT2D eigenvalue weighted by atomic mass is 9.98. The Morgan fingerprint density at radius 1 is 0.426 bits per heavy atom. The molecule has 24 N–H and O–H groups in total. The highest BCUT2D eigenvalue weighted by molar-refractivity contribution is 6.01. The minimum absolute atomic E-state index is 0.0343. The molecular formula is C81H140N18O23. The molecule has 1 saturated heterocycles. The summed E-state index contributed by atoms with van der Waals surface area (Å²) in [5.74, 6) is -24.9. The monoisotopic (exact) mass is 1730 g/mol. The quantitative estimate of drug-likeness (QED) is 0.0230. The predicted molar refractivity (Wildman–Crippen MR) is 445 cm³/mol. The summed E-state index contributed by atoms with van der Waals surface area (Å²) >= 11 is 0. The molecule has 0 aromatic rings. The van der Waals surface area contributed by atoms with Gasteiger partial charge in [0.15, 0.2) is 0 Å². The number of aliphatic carboxylic acids is 1. The van der Waals surface area contributed by atoms with Gasteiger partial charge in [-0.2, -0.15) is 0 Å². The number of unbranched alkanes of at least 4 members (excludes halogenated alkanes) is 4. The molecule has 16 atom stereocenters. The summed E-state index contributed by atoms with van der Waals surface area (Å²) in [4.78, 5) is 278. The first-order valence-electron chi connectivity index (χ1n) is 42.4. The number of carbonyl (C=O) groups is 20. The van der Waals surface area contributed by atoms with Crippen LogP contribution >= 0.6 is 0 Å². The van der Waals surface area contributed by atoms with Crippen molar-refractivity contribution in [3.05, 3.63) is 0 Å². The van der Waals surface area contributed by atoms with E-state index in [0.29, 0.717) is 12.8 Å². The van der Waals surface area contributed by atoms with Crippen LogP contribution in [-0.4, -0.2) is 226 Å². The number of primary amides is 4. The lowest BCUT2D eigenvalue weighted by molar-refractivity contribution is -0.152. The Morgan fingerprint density at radius 2 is 0.828 bits per heavy atom. The maximum absolute atomic E-state index is 15.1. The molecule has 0 aromatic carbocycles. The van der Waals surface area contributed by atoms with Gasteiger partial charge in [0, 0.05) is 32.1 Å². The number of cyclic esters (lactones) is 1. The van der Waals surface area contributed by atoms with Crippen molar-refractivity contribution in [2.24, 2.45) is 64.4 Å². The van der Waals surface area contributed by atoms with Gasteiger partial charge in [0.25, 0.3) is 0 Å². The minimum Gasteiger partial charge on any atom is -0.481 e. The van der Waals surface area contributed by atoms with Gasteiger partial charge in [0.1, 0.15) is 91.2 Å². The van der Waals surface area contributed by atoms with Gasteiger partial charge in [-0.1, -0.05) is 142 Å². The molecule has 1 unspecified atom stereocenters. The molecule has 0 saturated carbocycles. The van der Waals surface area contributed by atoms with Gasteiger partial charge in [0.05, 0.1) is 12.5 Å². The smallest absolute Gasteiger partial charge is 0.329 e. The number of amides is 18. The normalized spacial score (nSPS) is 20.8. The second-order valence-electron chi connectivity index (χ2n) is 33.9. The molecule has 1 heterocycles. The molecule has 18 amide bonds. The largest absolute Gasteiger partial charge is 0.481 e. The van der Waals surface area contributed by atoms with Crippen molar-refractivity contribution in [3.8, 4) is 0 Å². The number of aliphatic hydroxyl groups is 1. The maximum Gasteiger partial charge on any atom is 0.329 e. The number of hydrogen-bond acceptors (Lipinski definition) is 22. The summed E-state index contributed by atoms with van der Waals surface area (Å²) in [6.07, 6.45) is -2.25. The number of carbonyl (C=O) groups excluding carboxylic acids is 19. The van der Waals surface area contributed by atoms with Gasteiger partial charge in [-0.05, 0) is 113 Å². The Balaban J connectivity index is 4.18. The first-order chi connectivity index (χ1) is 56.9. The lowest BCUT2D eigenvalue weighted by Gasteiger charge is -2.30. The van der Waals surface area contributed by atoms with Crippen molar-refractivity contribution in [2.75, 3.05) is 6.61 Å². The fraction of sp³-hybridized carbons (Fsp3) is 0.753. The second-order valence-corrected chi connectivity index (χ2v) is 33.9. The van der Waals surface area contributed by atoms with Crippen molar-refractivity contribution >= 4 is 118 Å². The SMILES string of the molecule is CCCCCCC[C@@H](O)CC(=O)N[C@@H](CC(C)C)C(=O)N[C@H](CCC(=O)O)C(=O)N[C@H](CCC(N)=O)C(=O)N[C@@H](C(=O)N[C@H](CC(C)C)C(=O)N[C@@H](CCC(N)=O)C(=O)N[C@@H]1COC(=O)[C@H]([C@@H](C)CC)NC(=O)[C@@H](CCC(N)=O)NC(=O)[C@H](CC(C)C)NC(=O)[C@H](C)NC(=O)[C@@H](CCC(N)=O)NC(=O)C(CC(C)C)NC(=O)[C@@H](C(C)C)NC1=O)C(C)C. The van der Waals surface area contributed by atoms with Gasteiger partial charge in [-0.15, -0.1) is 0 Å². The Bertz CT molecular complexity index is 3560. The topological polar surface area (TPSA) is 664 Å². The van der Waals surface area contributed by atoms with Crippen molar-refractivity contribution in [1.29, 1.82) is 0 Å². The molecule has 0 spiro atoms. The third-order valence-electron chi connectivity index (χ3n) is 20.0. The fourth-order valence-electron chi connectivity index (χ4n) is 12.9. The fourth-order valence-corrected chi connectivity index (χ4v) is 12.9. The first kappa shape index (κ1) is 109. The number of nitrogens with two attached hydrogens (primary N) is 4. The molecule has 1 rings (SSSR count). The third-order valence-corrected chi connectivity index (χ3v) is 20.0. The zero-order chi connectivity index (χ0) is 93.1. The molecular weight excluding hydrogens is 1590 g/mol. The highest BCUT2D eigenvalue weighted by Gasteiger charge is 2.41. The van der Waals surface area contributed by atoms with Crippen LogP contribution in [0.15, 0.2) is 0 Å². The van der Waals surface area contributed by atoms with E-state index in [2.05, 4.69) is 81.4 Å². The zero-order valence-corrected chi connectivity index (χ0v) is 73.7. The number of nitrogens with one attached hydrogen (secondary N) is 14. The molecule has 0 bridgehead atoms. The molecule has 0 radical (unpaired) electrons. The number of esters is 1. The van der Waals surface area contributed by atoms with E-state index in [1.54, 1.807) is 62.3 Å². The first-order valence-corrected chi connectivity index (χ1v) is 42.4. The van der Waals surface area contributed by atoms with Crippen LogP contribution < -0.4 is 97.4 Å². The van der Waals surface area contributed by atoms with Crippen LogP contribution in [0.1, 0.15) is 252 Å². The van der Waals surface area contributed by atoms with E-state index < -0.39 is 303 Å². The van der Waals surface area contributed by atoms with E-state index in [-0.39, 0.29) is 56.3 Å². The molecule has 41 nitrogen and oxygen atoms in total. The summed E-state index contributed by atoms with van der Waals surface area (Å²) in [5, 5.41) is 55.5. The molecule has 0 aliphatic carbocycles. The highest BCUT2D eigenvalue weighted by Crippen LogP contribution is 2.19. The van der Waals surface area contributed by atoms with E-state index in [1.165, 1.54) is 41.5 Å². The van der Waals surface area contributed by atoms with Gasteiger partial charge >= 0.3 is 11.9 Å². The van der Waals surface area contributed by atoms with E-state index in [9.17, 15) is 96.5 Å². The van der Waals surface area contributed by atoms with Gasteiger partial charge < -0.3 is 112 Å². The molecule has 692 valence electrons. The highest BCUT2D eigenvalue weighted by atomic mass is 16.5. The lowest BCUT2D eigenvalue weighted by Crippen LogP contribution is -2.62. The summed E-state index contributed by atoms with van der Waals surface area (Å²) in [5.41, 5.74) is 22.1. The van der Waals surface area contributed by atoms with E-state index in [0.717, 1.165) is 25.7 Å². The van der Waals surface area contributed by atoms with Crippen LogP contribution in [0.2, 0.25) is 0 Å². The zero-order valence-electron chi connectivity index (χ0n) is 73.7. The molecule has 1 aliphatic heterocycles. The number of ether oxygens (including phenoxy) is 1. The minimum atomic E-state index is -2.11. The van der Waals surface area contributed by atoms with Gasteiger partial charge in [-0.25, -0.2) is 4.79 Å². The molecule has 122 heavy (non-hydrogen) atoms. The molecule has 1 fully saturated rings. The summed E-state index contributed by atoms with van der Waals surface area (Å²) in [6, 6.07) is -22.9. The molecule has 1 aliphatic rings. The summed E-state index contributed by atoms with van der Waals surface area (Å²) in [7, 11) is 0. The Kier molecular flexibility index (Phi) is 50.3. The van der Waals surface area contributed by atoms with Crippen LogP contribution in [0.4, 0.5) is 0 Å². The molecule has 41 heteroatoms. The average molecular weight is 1730 g/mol. The number of hydrogen-bond donors (Lipinski definition) is 20. The third kappa shape index (κ3) is 43.2.